The van der Waals surface area contributed by atoms with Crippen LogP contribution in [0.4, 0.5) is 0 Å². The molecule has 5 nitrogen and oxygen atoms in total. The third-order valence-electron chi connectivity index (χ3n) is 5.11. The molecule has 1 amide bonds. The number of carboxylic acid groups (broad SMARTS) is 1. The highest BCUT2D eigenvalue weighted by molar-refractivity contribution is 7.10. The zero-order valence-electron chi connectivity index (χ0n) is 13.3. The Morgan fingerprint density at radius 2 is 2.09 bits per heavy atom. The fourth-order valence-corrected chi connectivity index (χ4v) is 4.50. The Balaban J connectivity index is 1.56. The number of hydrogen-bond acceptors (Lipinski definition) is 4. The first kappa shape index (κ1) is 16.5. The lowest BCUT2D eigenvalue weighted by atomic mass is 9.84. The molecule has 1 aromatic rings. The summed E-state index contributed by atoms with van der Waals surface area (Å²) >= 11 is 1.62. The summed E-state index contributed by atoms with van der Waals surface area (Å²) in [6.07, 6.45) is 2.09. The predicted octanol–water partition coefficient (Wildman–Crippen LogP) is 2.58. The average Bonchev–Trinajstić information content (AvgIpc) is 3.24. The summed E-state index contributed by atoms with van der Waals surface area (Å²) < 4.78 is 5.69. The number of ether oxygens (including phenoxy) is 1. The van der Waals surface area contributed by atoms with Gasteiger partial charge < -0.3 is 14.7 Å². The van der Waals surface area contributed by atoms with E-state index in [9.17, 15) is 14.7 Å². The second-order valence-electron chi connectivity index (χ2n) is 6.47. The third-order valence-corrected chi connectivity index (χ3v) is 6.16. The van der Waals surface area contributed by atoms with E-state index in [0.717, 1.165) is 17.7 Å². The van der Waals surface area contributed by atoms with Crippen LogP contribution in [0, 0.1) is 11.8 Å². The molecule has 0 radical (unpaired) electrons. The largest absolute Gasteiger partial charge is 0.481 e. The molecule has 0 spiro atoms. The summed E-state index contributed by atoms with van der Waals surface area (Å²) in [6.45, 7) is 3.90. The maximum Gasteiger partial charge on any atom is 0.309 e. The van der Waals surface area contributed by atoms with Crippen LogP contribution in [0.5, 0.6) is 0 Å². The molecular weight excluding hydrogens is 314 g/mol. The van der Waals surface area contributed by atoms with Crippen molar-refractivity contribution in [1.29, 1.82) is 0 Å². The number of carbonyl (C=O) groups is 2. The molecule has 23 heavy (non-hydrogen) atoms. The number of carboxylic acids is 1. The Morgan fingerprint density at radius 3 is 2.70 bits per heavy atom. The molecule has 0 bridgehead atoms. The lowest BCUT2D eigenvalue weighted by molar-refractivity contribution is -0.146. The quantitative estimate of drug-likeness (QED) is 0.917. The fraction of sp³-hybridized carbons (Fsp3) is 0.647. The summed E-state index contributed by atoms with van der Waals surface area (Å²) in [7, 11) is 0. The van der Waals surface area contributed by atoms with Gasteiger partial charge in [0.25, 0.3) is 0 Å². The van der Waals surface area contributed by atoms with Gasteiger partial charge in [-0.15, -0.1) is 11.3 Å². The van der Waals surface area contributed by atoms with Crippen LogP contribution in [0.3, 0.4) is 0 Å². The molecule has 3 atom stereocenters. The molecule has 0 aliphatic carbocycles. The Morgan fingerprint density at radius 1 is 1.35 bits per heavy atom. The van der Waals surface area contributed by atoms with Crippen molar-refractivity contribution in [3.8, 4) is 0 Å². The molecule has 2 aliphatic rings. The van der Waals surface area contributed by atoms with E-state index in [2.05, 4.69) is 0 Å². The molecular formula is C17H23NO4S. The molecule has 1 N–H and O–H groups in total. The Bertz CT molecular complexity index is 551. The Hall–Kier alpha value is -1.40. The summed E-state index contributed by atoms with van der Waals surface area (Å²) in [5.41, 5.74) is 0. The minimum absolute atomic E-state index is 0.0963. The van der Waals surface area contributed by atoms with Gasteiger partial charge in [0.1, 0.15) is 0 Å². The Kier molecular flexibility index (Phi) is 5.02. The highest BCUT2D eigenvalue weighted by Gasteiger charge is 2.41. The topological polar surface area (TPSA) is 66.8 Å². The minimum atomic E-state index is -0.752. The number of rotatable bonds is 4. The number of piperidine rings is 1. The van der Waals surface area contributed by atoms with Crippen LogP contribution in [0.2, 0.25) is 0 Å². The maximum absolute atomic E-state index is 12.6. The molecule has 0 unspecified atom stereocenters. The second kappa shape index (κ2) is 7.01. The van der Waals surface area contributed by atoms with Gasteiger partial charge in [-0.05, 0) is 43.6 Å². The number of likely N-dealkylation sites (tertiary alicyclic amines) is 1. The minimum Gasteiger partial charge on any atom is -0.481 e. The zero-order chi connectivity index (χ0) is 16.4. The smallest absolute Gasteiger partial charge is 0.309 e. The van der Waals surface area contributed by atoms with Gasteiger partial charge in [-0.3, -0.25) is 9.59 Å². The normalized spacial score (nSPS) is 27.1. The van der Waals surface area contributed by atoms with Gasteiger partial charge >= 0.3 is 5.97 Å². The molecule has 2 saturated heterocycles. The second-order valence-corrected chi connectivity index (χ2v) is 7.45. The van der Waals surface area contributed by atoms with E-state index >= 15 is 0 Å². The van der Waals surface area contributed by atoms with E-state index in [1.165, 1.54) is 0 Å². The van der Waals surface area contributed by atoms with Crippen molar-refractivity contribution in [3.63, 3.8) is 0 Å². The summed E-state index contributed by atoms with van der Waals surface area (Å²) in [5, 5.41) is 11.3. The van der Waals surface area contributed by atoms with Crippen molar-refractivity contribution in [1.82, 2.24) is 4.90 Å². The van der Waals surface area contributed by atoms with Crippen LogP contribution in [-0.2, 0) is 14.3 Å². The van der Waals surface area contributed by atoms with Crippen molar-refractivity contribution >= 4 is 23.2 Å². The maximum atomic E-state index is 12.6. The van der Waals surface area contributed by atoms with Gasteiger partial charge in [0.15, 0.2) is 0 Å². The number of hydrogen-bond donors (Lipinski definition) is 1. The lowest BCUT2D eigenvalue weighted by Gasteiger charge is -2.36. The summed E-state index contributed by atoms with van der Waals surface area (Å²) in [4.78, 5) is 26.9. The van der Waals surface area contributed by atoms with Crippen molar-refractivity contribution in [2.75, 3.05) is 19.7 Å². The molecule has 1 aromatic heterocycles. The summed E-state index contributed by atoms with van der Waals surface area (Å²) in [5.74, 6) is -0.807. The van der Waals surface area contributed by atoms with Crippen LogP contribution < -0.4 is 0 Å². The molecule has 126 valence electrons. The van der Waals surface area contributed by atoms with Gasteiger partial charge in [0.05, 0.1) is 17.9 Å². The monoisotopic (exact) mass is 337 g/mol. The first-order valence-corrected chi connectivity index (χ1v) is 9.12. The van der Waals surface area contributed by atoms with Gasteiger partial charge in [-0.1, -0.05) is 6.07 Å². The number of thiophene rings is 1. The standard InChI is InChI=1S/C17H23NO4S/c1-11(14-3-2-10-23-14)16(19)18-7-4-12(5-8-18)15-13(17(20)21)6-9-22-15/h2-3,10-13,15H,4-9H2,1H3,(H,20,21)/t11-,13+,15-/m0/s1. The Labute approximate surface area is 140 Å². The molecule has 3 rings (SSSR count). The van der Waals surface area contributed by atoms with Crippen molar-refractivity contribution in [3.05, 3.63) is 22.4 Å². The van der Waals surface area contributed by atoms with Crippen molar-refractivity contribution < 1.29 is 19.4 Å². The lowest BCUT2D eigenvalue weighted by Crippen LogP contribution is -2.44. The van der Waals surface area contributed by atoms with Gasteiger partial charge in [-0.2, -0.15) is 0 Å². The molecule has 2 fully saturated rings. The fourth-order valence-electron chi connectivity index (χ4n) is 3.72. The van der Waals surface area contributed by atoms with Crippen molar-refractivity contribution in [2.24, 2.45) is 11.8 Å². The van der Waals surface area contributed by atoms with Gasteiger partial charge in [-0.25, -0.2) is 0 Å². The molecule has 2 aliphatic heterocycles. The van der Waals surface area contributed by atoms with E-state index < -0.39 is 5.97 Å². The number of amides is 1. The molecule has 0 saturated carbocycles. The third kappa shape index (κ3) is 3.43. The van der Waals surface area contributed by atoms with E-state index in [0.29, 0.717) is 26.1 Å². The van der Waals surface area contributed by atoms with Crippen molar-refractivity contribution in [2.45, 2.75) is 38.2 Å². The molecule has 0 aromatic carbocycles. The van der Waals surface area contributed by atoms with Gasteiger partial charge in [0, 0.05) is 24.6 Å². The SMILES string of the molecule is C[C@H](C(=O)N1CCC([C@@H]2OCC[C@H]2C(=O)O)CC1)c1cccs1. The van der Waals surface area contributed by atoms with E-state index in [-0.39, 0.29) is 29.8 Å². The highest BCUT2D eigenvalue weighted by atomic mass is 32.1. The van der Waals surface area contributed by atoms with Crippen LogP contribution in [0.15, 0.2) is 17.5 Å². The van der Waals surface area contributed by atoms with Crippen LogP contribution in [-0.4, -0.2) is 47.7 Å². The van der Waals surface area contributed by atoms with E-state index in [1.807, 2.05) is 29.3 Å². The van der Waals surface area contributed by atoms with E-state index in [1.54, 1.807) is 11.3 Å². The van der Waals surface area contributed by atoms with Crippen LogP contribution >= 0.6 is 11.3 Å². The highest BCUT2D eigenvalue weighted by Crippen LogP contribution is 2.34. The van der Waals surface area contributed by atoms with Crippen LogP contribution in [0.25, 0.3) is 0 Å². The van der Waals surface area contributed by atoms with E-state index in [4.69, 9.17) is 4.74 Å². The summed E-state index contributed by atoms with van der Waals surface area (Å²) in [6, 6.07) is 3.98. The first-order chi connectivity index (χ1) is 11.1. The molecule has 6 heteroatoms. The first-order valence-electron chi connectivity index (χ1n) is 8.24. The average molecular weight is 337 g/mol. The number of nitrogens with zero attached hydrogens (tertiary/aromatic N) is 1. The van der Waals surface area contributed by atoms with Gasteiger partial charge in [0.2, 0.25) is 5.91 Å². The molecule has 3 heterocycles. The zero-order valence-corrected chi connectivity index (χ0v) is 14.1. The number of aliphatic carboxylic acids is 1. The van der Waals surface area contributed by atoms with Crippen LogP contribution in [0.1, 0.15) is 37.0 Å². The predicted molar refractivity (Wildman–Crippen MR) is 87.5 cm³/mol. The number of carbonyl (C=O) groups excluding carboxylic acids is 1.